The monoisotopic (exact) mass is 351 g/mol. The molecule has 0 aliphatic carbocycles. The van der Waals surface area contributed by atoms with Crippen LogP contribution in [0.5, 0.6) is 5.75 Å². The molecule has 3 nitrogen and oxygen atoms in total. The number of carbonyl (C=O) groups excluding carboxylic acids is 1. The van der Waals surface area contributed by atoms with Gasteiger partial charge in [0.15, 0.2) is 0 Å². The van der Waals surface area contributed by atoms with Crippen LogP contribution in [-0.4, -0.2) is 35.6 Å². The minimum atomic E-state index is -0.252. The lowest BCUT2D eigenvalue weighted by molar-refractivity contribution is 0.157. The third-order valence-electron chi connectivity index (χ3n) is 3.30. The average molecular weight is 352 g/mol. The Hall–Kier alpha value is -1.20. The number of rotatable bonds is 1. The third kappa shape index (κ3) is 2.79. The topological polar surface area (TPSA) is 29.5 Å². The molecular weight excluding hydrogens is 338 g/mol. The Bertz CT molecular complexity index is 641. The zero-order valence-corrected chi connectivity index (χ0v) is 13.2. The highest BCUT2D eigenvalue weighted by Crippen LogP contribution is 2.31. The highest BCUT2D eigenvalue weighted by Gasteiger charge is 2.19. The van der Waals surface area contributed by atoms with Crippen molar-refractivity contribution in [1.29, 1.82) is 0 Å². The Morgan fingerprint density at radius 3 is 2.55 bits per heavy atom. The van der Waals surface area contributed by atoms with Crippen LogP contribution in [0.15, 0.2) is 40.9 Å². The highest BCUT2D eigenvalue weighted by atomic mass is 79.9. The molecule has 0 bridgehead atoms. The molecule has 0 unspecified atom stereocenters. The fourth-order valence-electron chi connectivity index (χ4n) is 2.23. The van der Waals surface area contributed by atoms with E-state index in [0.29, 0.717) is 5.75 Å². The van der Waals surface area contributed by atoms with Gasteiger partial charge in [-0.25, -0.2) is 4.79 Å². The van der Waals surface area contributed by atoms with Crippen molar-refractivity contribution in [2.45, 2.75) is 0 Å². The summed E-state index contributed by atoms with van der Waals surface area (Å²) < 4.78 is 6.58. The minimum Gasteiger partial charge on any atom is -0.410 e. The summed E-state index contributed by atoms with van der Waals surface area (Å²) in [6.45, 7) is 1.52. The number of hydrogen-bond acceptors (Lipinski definition) is 3. The average Bonchev–Trinajstić information content (AvgIpc) is 2.51. The van der Waals surface area contributed by atoms with E-state index in [2.05, 4.69) is 15.9 Å². The number of nitrogens with zero attached hydrogens (tertiary/aromatic N) is 1. The number of ether oxygens (including phenoxy) is 1. The number of thioether (sulfide) groups is 1. The summed E-state index contributed by atoms with van der Waals surface area (Å²) in [4.78, 5) is 13.9. The second-order valence-electron chi connectivity index (χ2n) is 4.56. The van der Waals surface area contributed by atoms with E-state index in [-0.39, 0.29) is 6.09 Å². The number of fused-ring (bicyclic) bond motifs is 1. The molecular formula is C15H14BrNO2S. The van der Waals surface area contributed by atoms with Crippen LogP contribution in [0.1, 0.15) is 0 Å². The molecule has 104 valence electrons. The van der Waals surface area contributed by atoms with Gasteiger partial charge in [-0.05, 0) is 17.5 Å². The minimum absolute atomic E-state index is 0.252. The molecule has 1 amide bonds. The molecule has 0 saturated carbocycles. The molecule has 2 aromatic rings. The number of hydrogen-bond donors (Lipinski definition) is 0. The molecule has 2 aromatic carbocycles. The summed E-state index contributed by atoms with van der Waals surface area (Å²) >= 11 is 5.39. The molecule has 0 atom stereocenters. The predicted octanol–water partition coefficient (Wildman–Crippen LogP) is 4.15. The van der Waals surface area contributed by atoms with Crippen LogP contribution in [0.3, 0.4) is 0 Å². The second kappa shape index (κ2) is 6.06. The fraction of sp³-hybridized carbons (Fsp3) is 0.267. The Kier molecular flexibility index (Phi) is 4.17. The molecule has 20 heavy (non-hydrogen) atoms. The first-order valence-corrected chi connectivity index (χ1v) is 8.42. The van der Waals surface area contributed by atoms with Gasteiger partial charge in [0.25, 0.3) is 0 Å². The van der Waals surface area contributed by atoms with Crippen LogP contribution in [-0.2, 0) is 0 Å². The van der Waals surface area contributed by atoms with Crippen molar-refractivity contribution in [3.63, 3.8) is 0 Å². The largest absolute Gasteiger partial charge is 0.415 e. The first kappa shape index (κ1) is 13.8. The summed E-state index contributed by atoms with van der Waals surface area (Å²) in [5.74, 6) is 2.58. The smallest absolute Gasteiger partial charge is 0.410 e. The summed E-state index contributed by atoms with van der Waals surface area (Å²) in [5, 5.41) is 1.99. The van der Waals surface area contributed by atoms with Crippen molar-refractivity contribution in [2.75, 3.05) is 24.6 Å². The Morgan fingerprint density at radius 2 is 1.80 bits per heavy atom. The summed E-state index contributed by atoms with van der Waals surface area (Å²) in [7, 11) is 0. The maximum atomic E-state index is 12.2. The van der Waals surface area contributed by atoms with Crippen LogP contribution in [0.4, 0.5) is 4.79 Å². The van der Waals surface area contributed by atoms with E-state index < -0.39 is 0 Å². The Morgan fingerprint density at radius 1 is 1.10 bits per heavy atom. The SMILES string of the molecule is O=C(Oc1ccc(Br)c2ccccc12)N1CCSCC1. The van der Waals surface area contributed by atoms with E-state index in [9.17, 15) is 4.79 Å². The van der Waals surface area contributed by atoms with Gasteiger partial charge in [0, 0.05) is 34.5 Å². The molecule has 3 rings (SSSR count). The third-order valence-corrected chi connectivity index (χ3v) is 4.93. The van der Waals surface area contributed by atoms with Crippen LogP contribution in [0, 0.1) is 0 Å². The lowest BCUT2D eigenvalue weighted by Gasteiger charge is -2.25. The van der Waals surface area contributed by atoms with E-state index in [1.165, 1.54) is 0 Å². The fourth-order valence-corrected chi connectivity index (χ4v) is 3.61. The van der Waals surface area contributed by atoms with Crippen molar-refractivity contribution in [3.05, 3.63) is 40.9 Å². The van der Waals surface area contributed by atoms with E-state index >= 15 is 0 Å². The van der Waals surface area contributed by atoms with Crippen LogP contribution >= 0.6 is 27.7 Å². The molecule has 5 heteroatoms. The maximum Gasteiger partial charge on any atom is 0.415 e. The van der Waals surface area contributed by atoms with E-state index in [1.54, 1.807) is 4.90 Å². The summed E-state index contributed by atoms with van der Waals surface area (Å²) in [6.07, 6.45) is -0.252. The lowest BCUT2D eigenvalue weighted by atomic mass is 10.1. The molecule has 1 fully saturated rings. The highest BCUT2D eigenvalue weighted by molar-refractivity contribution is 9.10. The van der Waals surface area contributed by atoms with Crippen molar-refractivity contribution in [3.8, 4) is 5.75 Å². The van der Waals surface area contributed by atoms with Gasteiger partial charge < -0.3 is 9.64 Å². The molecule has 0 aromatic heterocycles. The zero-order chi connectivity index (χ0) is 13.9. The number of carbonyl (C=O) groups is 1. The van der Waals surface area contributed by atoms with Gasteiger partial charge >= 0.3 is 6.09 Å². The van der Waals surface area contributed by atoms with Gasteiger partial charge in [-0.2, -0.15) is 11.8 Å². The first-order valence-electron chi connectivity index (χ1n) is 6.47. The quantitative estimate of drug-likeness (QED) is 0.772. The molecule has 0 radical (unpaired) electrons. The van der Waals surface area contributed by atoms with Gasteiger partial charge in [-0.15, -0.1) is 0 Å². The normalized spacial score (nSPS) is 15.3. The molecule has 0 spiro atoms. The molecule has 1 aliphatic heterocycles. The zero-order valence-electron chi connectivity index (χ0n) is 10.8. The number of benzene rings is 2. The van der Waals surface area contributed by atoms with Crippen molar-refractivity contribution in [1.82, 2.24) is 4.90 Å². The standard InChI is InChI=1S/C15H14BrNO2S/c16-13-5-6-14(12-4-2-1-3-11(12)13)19-15(18)17-7-9-20-10-8-17/h1-6H,7-10H2. The first-order chi connectivity index (χ1) is 9.75. The van der Waals surface area contributed by atoms with Gasteiger partial charge in [0.2, 0.25) is 0 Å². The van der Waals surface area contributed by atoms with Crippen molar-refractivity contribution in [2.24, 2.45) is 0 Å². The number of halogens is 1. The molecule has 1 aliphatic rings. The predicted molar refractivity (Wildman–Crippen MR) is 86.6 cm³/mol. The Balaban J connectivity index is 1.87. The van der Waals surface area contributed by atoms with Crippen molar-refractivity contribution >= 4 is 44.6 Å². The molecule has 0 N–H and O–H groups in total. The van der Waals surface area contributed by atoms with Crippen molar-refractivity contribution < 1.29 is 9.53 Å². The maximum absolute atomic E-state index is 12.2. The van der Waals surface area contributed by atoms with Crippen LogP contribution < -0.4 is 4.74 Å². The summed E-state index contributed by atoms with van der Waals surface area (Å²) in [5.41, 5.74) is 0. The van der Waals surface area contributed by atoms with Crippen LogP contribution in [0.25, 0.3) is 10.8 Å². The van der Waals surface area contributed by atoms with Crippen LogP contribution in [0.2, 0.25) is 0 Å². The Labute approximate surface area is 130 Å². The second-order valence-corrected chi connectivity index (χ2v) is 6.64. The van der Waals surface area contributed by atoms with Gasteiger partial charge in [0.1, 0.15) is 5.75 Å². The molecule has 1 saturated heterocycles. The van der Waals surface area contributed by atoms with E-state index in [1.807, 2.05) is 48.2 Å². The number of amides is 1. The van der Waals surface area contributed by atoms with E-state index in [0.717, 1.165) is 39.8 Å². The van der Waals surface area contributed by atoms with Gasteiger partial charge in [0.05, 0.1) is 0 Å². The van der Waals surface area contributed by atoms with Gasteiger partial charge in [-0.3, -0.25) is 0 Å². The van der Waals surface area contributed by atoms with Gasteiger partial charge in [-0.1, -0.05) is 40.2 Å². The molecule has 1 heterocycles. The lowest BCUT2D eigenvalue weighted by Crippen LogP contribution is -2.39. The summed E-state index contributed by atoms with van der Waals surface area (Å²) in [6, 6.07) is 11.6. The van der Waals surface area contributed by atoms with E-state index in [4.69, 9.17) is 4.74 Å².